The van der Waals surface area contributed by atoms with Crippen LogP contribution in [-0.4, -0.2) is 62.2 Å². The number of rotatable bonds is 10. The maximum absolute atomic E-state index is 2.80. The third-order valence-electron chi connectivity index (χ3n) is 10.5. The van der Waals surface area contributed by atoms with Gasteiger partial charge in [-0.15, -0.1) is 0 Å². The van der Waals surface area contributed by atoms with Crippen LogP contribution in [0.3, 0.4) is 0 Å². The van der Waals surface area contributed by atoms with Gasteiger partial charge >= 0.3 is 0 Å². The Bertz CT molecular complexity index is 1300. The Balaban J connectivity index is 0.962. The van der Waals surface area contributed by atoms with Crippen molar-refractivity contribution in [2.45, 2.75) is 60.2 Å². The number of anilines is 1. The molecule has 0 saturated carbocycles. The lowest BCUT2D eigenvalue weighted by Crippen LogP contribution is -2.54. The van der Waals surface area contributed by atoms with Gasteiger partial charge in [-0.2, -0.15) is 0 Å². The summed E-state index contributed by atoms with van der Waals surface area (Å²) in [5.41, 5.74) is 4.93. The van der Waals surface area contributed by atoms with Gasteiger partial charge in [-0.05, 0) is 119 Å². The maximum Gasteiger partial charge on any atom is 0.0367 e. The van der Waals surface area contributed by atoms with E-state index in [9.17, 15) is 0 Å². The predicted octanol–water partition coefficient (Wildman–Crippen LogP) is 8.13. The van der Waals surface area contributed by atoms with Gasteiger partial charge in [0.1, 0.15) is 0 Å². The molecule has 3 nitrogen and oxygen atoms in total. The van der Waals surface area contributed by atoms with Gasteiger partial charge in [0.05, 0.1) is 0 Å². The van der Waals surface area contributed by atoms with Gasteiger partial charge in [0.15, 0.2) is 0 Å². The molecule has 1 unspecified atom stereocenters. The molecule has 3 saturated heterocycles. The SMILES string of the molecule is C1=C(C(CN2CCCC2)(c2ccccc2)C2CCN(CC3CN(c4ccc(Sc5ccccc5)cc4)C3)CC2)CCC1. The van der Waals surface area contributed by atoms with Crippen molar-refractivity contribution in [1.29, 1.82) is 0 Å². The van der Waals surface area contributed by atoms with E-state index in [1.165, 1.54) is 113 Å². The fourth-order valence-corrected chi connectivity index (χ4v) is 9.17. The molecule has 7 rings (SSSR count). The zero-order chi connectivity index (χ0) is 28.2. The van der Waals surface area contributed by atoms with Crippen molar-refractivity contribution < 1.29 is 0 Å². The third kappa shape index (κ3) is 6.09. The number of benzene rings is 3. The Labute approximate surface area is 258 Å². The highest BCUT2D eigenvalue weighted by atomic mass is 32.2. The van der Waals surface area contributed by atoms with Crippen molar-refractivity contribution in [3.63, 3.8) is 0 Å². The molecule has 42 heavy (non-hydrogen) atoms. The summed E-state index contributed by atoms with van der Waals surface area (Å²) in [6.07, 6.45) is 12.0. The second-order valence-corrected chi connectivity index (χ2v) is 14.3. The standard InChI is InChI=1S/C38H47N3S/c1-3-11-32(12-4-1)38(33-13-7-8-14-33,30-40-23-9-10-24-40)34-21-25-39(26-22-34)27-31-28-41(29-31)35-17-19-37(20-18-35)42-36-15-5-2-6-16-36/h1-6,11-13,15-20,31,34H,7-10,14,21-30H2. The minimum Gasteiger partial charge on any atom is -0.371 e. The molecule has 3 heterocycles. The van der Waals surface area contributed by atoms with Crippen molar-refractivity contribution in [3.8, 4) is 0 Å². The first kappa shape index (κ1) is 28.3. The maximum atomic E-state index is 2.80. The van der Waals surface area contributed by atoms with E-state index in [4.69, 9.17) is 0 Å². The van der Waals surface area contributed by atoms with Gasteiger partial charge in [-0.1, -0.05) is 71.9 Å². The van der Waals surface area contributed by atoms with Crippen molar-refractivity contribution in [2.75, 3.05) is 57.3 Å². The van der Waals surface area contributed by atoms with Crippen LogP contribution in [0.5, 0.6) is 0 Å². The second-order valence-electron chi connectivity index (χ2n) is 13.2. The minimum atomic E-state index is 0.201. The molecule has 1 atom stereocenters. The number of nitrogens with zero attached hydrogens (tertiary/aromatic N) is 3. The Morgan fingerprint density at radius 1 is 0.690 bits per heavy atom. The van der Waals surface area contributed by atoms with E-state index in [2.05, 4.69) is 106 Å². The topological polar surface area (TPSA) is 9.72 Å². The summed E-state index contributed by atoms with van der Waals surface area (Å²) >= 11 is 1.84. The van der Waals surface area contributed by atoms with E-state index in [-0.39, 0.29) is 5.41 Å². The molecule has 3 aromatic rings. The van der Waals surface area contributed by atoms with Crippen LogP contribution in [0.2, 0.25) is 0 Å². The molecular weight excluding hydrogens is 531 g/mol. The second kappa shape index (κ2) is 13.0. The van der Waals surface area contributed by atoms with E-state index in [0.29, 0.717) is 0 Å². The summed E-state index contributed by atoms with van der Waals surface area (Å²) in [6, 6.07) is 31.6. The lowest BCUT2D eigenvalue weighted by Gasteiger charge is -2.49. The first-order valence-corrected chi connectivity index (χ1v) is 17.4. The molecule has 4 aliphatic rings. The first-order valence-electron chi connectivity index (χ1n) is 16.5. The lowest BCUT2D eigenvalue weighted by atomic mass is 9.61. The third-order valence-corrected chi connectivity index (χ3v) is 11.5. The lowest BCUT2D eigenvalue weighted by molar-refractivity contribution is 0.101. The fraction of sp³-hybridized carbons (Fsp3) is 0.474. The van der Waals surface area contributed by atoms with Crippen LogP contribution in [-0.2, 0) is 5.41 Å². The molecule has 0 radical (unpaired) electrons. The van der Waals surface area contributed by atoms with E-state index in [1.807, 2.05) is 11.8 Å². The van der Waals surface area contributed by atoms with Crippen LogP contribution >= 0.6 is 11.8 Å². The number of allylic oxidation sites excluding steroid dienone is 1. The van der Waals surface area contributed by atoms with Gasteiger partial charge in [-0.25, -0.2) is 0 Å². The fourth-order valence-electron chi connectivity index (χ4n) is 8.33. The Hall–Kier alpha value is -2.53. The number of hydrogen-bond donors (Lipinski definition) is 0. The molecule has 0 N–H and O–H groups in total. The average Bonchev–Trinajstić information content (AvgIpc) is 3.75. The monoisotopic (exact) mass is 577 g/mol. The highest BCUT2D eigenvalue weighted by molar-refractivity contribution is 7.99. The number of hydrogen-bond acceptors (Lipinski definition) is 4. The zero-order valence-electron chi connectivity index (χ0n) is 25.2. The molecule has 0 amide bonds. The number of likely N-dealkylation sites (tertiary alicyclic amines) is 2. The summed E-state index contributed by atoms with van der Waals surface area (Å²) < 4.78 is 0. The number of piperidine rings is 1. The van der Waals surface area contributed by atoms with E-state index >= 15 is 0 Å². The minimum absolute atomic E-state index is 0.201. The Kier molecular flexibility index (Phi) is 8.74. The molecule has 0 aromatic heterocycles. The van der Waals surface area contributed by atoms with E-state index < -0.39 is 0 Å². The molecule has 3 aliphatic heterocycles. The van der Waals surface area contributed by atoms with Gasteiger partial charge in [0, 0.05) is 53.0 Å². The highest BCUT2D eigenvalue weighted by Crippen LogP contribution is 2.49. The normalized spacial score (nSPS) is 22.2. The molecular formula is C38H47N3S. The average molecular weight is 578 g/mol. The van der Waals surface area contributed by atoms with Crippen molar-refractivity contribution >= 4 is 17.4 Å². The predicted molar refractivity (Wildman–Crippen MR) is 178 cm³/mol. The largest absolute Gasteiger partial charge is 0.371 e. The van der Waals surface area contributed by atoms with Gasteiger partial charge in [0.2, 0.25) is 0 Å². The quantitative estimate of drug-likeness (QED) is 0.225. The van der Waals surface area contributed by atoms with Gasteiger partial charge in [0.25, 0.3) is 0 Å². The molecule has 4 heteroatoms. The highest BCUT2D eigenvalue weighted by Gasteiger charge is 2.46. The Morgan fingerprint density at radius 2 is 1.36 bits per heavy atom. The molecule has 3 aromatic carbocycles. The summed E-state index contributed by atoms with van der Waals surface area (Å²) in [6.45, 7) is 9.97. The van der Waals surface area contributed by atoms with E-state index in [1.54, 1.807) is 11.1 Å². The summed E-state index contributed by atoms with van der Waals surface area (Å²) in [4.78, 5) is 10.8. The summed E-state index contributed by atoms with van der Waals surface area (Å²) in [7, 11) is 0. The molecule has 1 aliphatic carbocycles. The Morgan fingerprint density at radius 3 is 2.02 bits per heavy atom. The van der Waals surface area contributed by atoms with Gasteiger partial charge < -0.3 is 14.7 Å². The van der Waals surface area contributed by atoms with Crippen LogP contribution in [0.15, 0.2) is 106 Å². The van der Waals surface area contributed by atoms with E-state index in [0.717, 1.165) is 11.8 Å². The smallest absolute Gasteiger partial charge is 0.0367 e. The van der Waals surface area contributed by atoms with Crippen LogP contribution in [0.4, 0.5) is 5.69 Å². The molecule has 3 fully saturated rings. The van der Waals surface area contributed by atoms with Crippen LogP contribution < -0.4 is 4.90 Å². The van der Waals surface area contributed by atoms with Crippen LogP contribution in [0.25, 0.3) is 0 Å². The van der Waals surface area contributed by atoms with Crippen molar-refractivity contribution in [1.82, 2.24) is 9.80 Å². The van der Waals surface area contributed by atoms with Crippen molar-refractivity contribution in [3.05, 3.63) is 102 Å². The van der Waals surface area contributed by atoms with Crippen LogP contribution in [0.1, 0.15) is 50.5 Å². The summed E-state index contributed by atoms with van der Waals surface area (Å²) in [5.74, 6) is 1.53. The van der Waals surface area contributed by atoms with Gasteiger partial charge in [-0.3, -0.25) is 0 Å². The molecule has 0 spiro atoms. The molecule has 0 bridgehead atoms. The first-order chi connectivity index (χ1) is 20.8. The zero-order valence-corrected chi connectivity index (χ0v) is 26.0. The molecule has 220 valence electrons. The summed E-state index contributed by atoms with van der Waals surface area (Å²) in [5, 5.41) is 0. The van der Waals surface area contributed by atoms with Crippen molar-refractivity contribution in [2.24, 2.45) is 11.8 Å². The van der Waals surface area contributed by atoms with Crippen LogP contribution in [0, 0.1) is 11.8 Å².